The van der Waals surface area contributed by atoms with Crippen LogP contribution in [0.2, 0.25) is 0 Å². The maximum absolute atomic E-state index is 12.3. The van der Waals surface area contributed by atoms with Gasteiger partial charge in [-0.1, -0.05) is 6.42 Å². The third-order valence-electron chi connectivity index (χ3n) is 4.42. The van der Waals surface area contributed by atoms with Crippen molar-refractivity contribution in [2.75, 3.05) is 5.43 Å². The van der Waals surface area contributed by atoms with Gasteiger partial charge in [0.15, 0.2) is 0 Å². The zero-order valence-corrected chi connectivity index (χ0v) is 11.1. The molecular formula is C14H20N4O. The third-order valence-corrected chi connectivity index (χ3v) is 4.42. The molecule has 1 amide bonds. The van der Waals surface area contributed by atoms with Crippen LogP contribution in [0.3, 0.4) is 0 Å². The topological polar surface area (TPSA) is 80.0 Å². The van der Waals surface area contributed by atoms with Crippen LogP contribution in [0.5, 0.6) is 0 Å². The van der Waals surface area contributed by atoms with Gasteiger partial charge in [0.2, 0.25) is 0 Å². The Morgan fingerprint density at radius 1 is 1.37 bits per heavy atom. The van der Waals surface area contributed by atoms with Gasteiger partial charge in [0.1, 0.15) is 5.82 Å². The fraction of sp³-hybridized carbons (Fsp3) is 0.571. The Kier molecular flexibility index (Phi) is 3.14. The number of anilines is 1. The van der Waals surface area contributed by atoms with Gasteiger partial charge in [0.25, 0.3) is 5.91 Å². The van der Waals surface area contributed by atoms with Crippen molar-refractivity contribution in [2.24, 2.45) is 17.7 Å². The summed E-state index contributed by atoms with van der Waals surface area (Å²) in [5, 5.41) is 3.17. The second-order valence-corrected chi connectivity index (χ2v) is 5.78. The molecule has 0 aliphatic heterocycles. The molecule has 0 spiro atoms. The molecule has 0 saturated heterocycles. The second-order valence-electron chi connectivity index (χ2n) is 5.78. The van der Waals surface area contributed by atoms with Gasteiger partial charge in [-0.3, -0.25) is 4.79 Å². The molecule has 2 fully saturated rings. The summed E-state index contributed by atoms with van der Waals surface area (Å²) in [4.78, 5) is 16.5. The van der Waals surface area contributed by atoms with Crippen LogP contribution in [-0.4, -0.2) is 16.9 Å². The molecule has 1 aromatic rings. The molecule has 5 heteroatoms. The van der Waals surface area contributed by atoms with E-state index in [1.807, 2.05) is 6.92 Å². The SMILES string of the molecule is Cc1cc(C(=O)NC2CC3CCC2C3)cc(NN)n1. The van der Waals surface area contributed by atoms with E-state index in [0.717, 1.165) is 18.0 Å². The molecule has 5 nitrogen and oxygen atoms in total. The number of nitrogens with two attached hydrogens (primary N) is 1. The fourth-order valence-electron chi connectivity index (χ4n) is 3.55. The molecule has 0 radical (unpaired) electrons. The Balaban J connectivity index is 1.72. The summed E-state index contributed by atoms with van der Waals surface area (Å²) >= 11 is 0. The molecule has 2 aliphatic carbocycles. The lowest BCUT2D eigenvalue weighted by molar-refractivity contribution is 0.0923. The summed E-state index contributed by atoms with van der Waals surface area (Å²) in [6.45, 7) is 1.86. The van der Waals surface area contributed by atoms with Crippen molar-refractivity contribution in [1.82, 2.24) is 10.3 Å². The van der Waals surface area contributed by atoms with Gasteiger partial charge < -0.3 is 10.7 Å². The lowest BCUT2D eigenvalue weighted by Gasteiger charge is -2.23. The average molecular weight is 260 g/mol. The largest absolute Gasteiger partial charge is 0.349 e. The van der Waals surface area contributed by atoms with Crippen LogP contribution in [0.1, 0.15) is 41.7 Å². The molecule has 4 N–H and O–H groups in total. The number of amides is 1. The summed E-state index contributed by atoms with van der Waals surface area (Å²) in [7, 11) is 0. The molecule has 3 unspecified atom stereocenters. The van der Waals surface area contributed by atoms with Crippen molar-refractivity contribution in [1.29, 1.82) is 0 Å². The lowest BCUT2D eigenvalue weighted by Crippen LogP contribution is -2.38. The van der Waals surface area contributed by atoms with Crippen molar-refractivity contribution >= 4 is 11.7 Å². The number of rotatable bonds is 3. The minimum absolute atomic E-state index is 0.0143. The van der Waals surface area contributed by atoms with E-state index in [1.54, 1.807) is 12.1 Å². The van der Waals surface area contributed by atoms with Crippen LogP contribution in [-0.2, 0) is 0 Å². The van der Waals surface area contributed by atoms with E-state index < -0.39 is 0 Å². The average Bonchev–Trinajstić information content (AvgIpc) is 3.00. The van der Waals surface area contributed by atoms with Crippen LogP contribution >= 0.6 is 0 Å². The molecule has 102 valence electrons. The fourth-order valence-corrected chi connectivity index (χ4v) is 3.55. The predicted molar refractivity (Wildman–Crippen MR) is 73.5 cm³/mol. The number of pyridine rings is 1. The summed E-state index contributed by atoms with van der Waals surface area (Å²) in [5.41, 5.74) is 3.91. The third kappa shape index (κ3) is 2.42. The normalized spacial score (nSPS) is 28.4. The number of nitrogens with one attached hydrogen (secondary N) is 2. The first kappa shape index (κ1) is 12.4. The number of fused-ring (bicyclic) bond motifs is 2. The molecule has 3 atom stereocenters. The van der Waals surface area contributed by atoms with Crippen molar-refractivity contribution in [2.45, 2.75) is 38.6 Å². The number of carbonyl (C=O) groups is 1. The van der Waals surface area contributed by atoms with Gasteiger partial charge in [-0.15, -0.1) is 0 Å². The zero-order valence-electron chi connectivity index (χ0n) is 11.1. The van der Waals surface area contributed by atoms with E-state index in [4.69, 9.17) is 5.84 Å². The van der Waals surface area contributed by atoms with E-state index in [-0.39, 0.29) is 5.91 Å². The van der Waals surface area contributed by atoms with E-state index in [9.17, 15) is 4.79 Å². The minimum Gasteiger partial charge on any atom is -0.349 e. The summed E-state index contributed by atoms with van der Waals surface area (Å²) in [6, 6.07) is 3.84. The Morgan fingerprint density at radius 3 is 2.84 bits per heavy atom. The van der Waals surface area contributed by atoms with Crippen LogP contribution in [0.25, 0.3) is 0 Å². The molecular weight excluding hydrogens is 240 g/mol. The molecule has 3 rings (SSSR count). The maximum atomic E-state index is 12.3. The van der Waals surface area contributed by atoms with E-state index >= 15 is 0 Å². The monoisotopic (exact) mass is 260 g/mol. The number of nitrogen functional groups attached to an aromatic ring is 1. The van der Waals surface area contributed by atoms with Gasteiger partial charge in [-0.2, -0.15) is 0 Å². The standard InChI is InChI=1S/C14H20N4O/c1-8-4-11(7-13(16-8)18-15)14(19)17-12-6-9-2-3-10(12)5-9/h4,7,9-10,12H,2-3,5-6,15H2,1H3,(H,16,18)(H,17,19). The second kappa shape index (κ2) is 4.81. The number of aromatic nitrogens is 1. The van der Waals surface area contributed by atoms with Crippen LogP contribution in [0.15, 0.2) is 12.1 Å². The van der Waals surface area contributed by atoms with E-state index in [0.29, 0.717) is 23.3 Å². The summed E-state index contributed by atoms with van der Waals surface area (Å²) in [5.74, 6) is 7.38. The molecule has 2 saturated carbocycles. The number of hydrogen-bond donors (Lipinski definition) is 3. The maximum Gasteiger partial charge on any atom is 0.251 e. The summed E-state index contributed by atoms with van der Waals surface area (Å²) in [6.07, 6.45) is 5.03. The zero-order chi connectivity index (χ0) is 13.4. The van der Waals surface area contributed by atoms with Gasteiger partial charge in [-0.25, -0.2) is 10.8 Å². The lowest BCUT2D eigenvalue weighted by atomic mass is 9.95. The highest BCUT2D eigenvalue weighted by Crippen LogP contribution is 2.44. The minimum atomic E-state index is -0.0143. The van der Waals surface area contributed by atoms with Gasteiger partial charge in [0, 0.05) is 17.3 Å². The van der Waals surface area contributed by atoms with Gasteiger partial charge >= 0.3 is 0 Å². The molecule has 1 heterocycles. The van der Waals surface area contributed by atoms with Crippen LogP contribution < -0.4 is 16.6 Å². The number of aryl methyl sites for hydroxylation is 1. The number of hydrazine groups is 1. The smallest absolute Gasteiger partial charge is 0.251 e. The highest BCUT2D eigenvalue weighted by molar-refractivity contribution is 5.95. The van der Waals surface area contributed by atoms with Gasteiger partial charge in [-0.05, 0) is 50.2 Å². The van der Waals surface area contributed by atoms with Crippen molar-refractivity contribution < 1.29 is 4.79 Å². The van der Waals surface area contributed by atoms with Crippen molar-refractivity contribution in [3.05, 3.63) is 23.4 Å². The summed E-state index contributed by atoms with van der Waals surface area (Å²) < 4.78 is 0. The number of carbonyl (C=O) groups excluding carboxylic acids is 1. The van der Waals surface area contributed by atoms with Gasteiger partial charge in [0.05, 0.1) is 0 Å². The first-order valence-electron chi connectivity index (χ1n) is 6.92. The quantitative estimate of drug-likeness (QED) is 0.569. The highest BCUT2D eigenvalue weighted by Gasteiger charge is 2.40. The van der Waals surface area contributed by atoms with E-state index in [2.05, 4.69) is 15.7 Å². The van der Waals surface area contributed by atoms with E-state index in [1.165, 1.54) is 19.3 Å². The van der Waals surface area contributed by atoms with Crippen LogP contribution in [0, 0.1) is 18.8 Å². The first-order valence-corrected chi connectivity index (χ1v) is 6.92. The Hall–Kier alpha value is -1.62. The number of hydrogen-bond acceptors (Lipinski definition) is 4. The molecule has 0 aromatic carbocycles. The number of nitrogens with zero attached hydrogens (tertiary/aromatic N) is 1. The van der Waals surface area contributed by atoms with Crippen LogP contribution in [0.4, 0.5) is 5.82 Å². The Morgan fingerprint density at radius 2 is 2.21 bits per heavy atom. The Bertz CT molecular complexity index is 502. The predicted octanol–water partition coefficient (Wildman–Crippen LogP) is 1.59. The Labute approximate surface area is 112 Å². The molecule has 19 heavy (non-hydrogen) atoms. The van der Waals surface area contributed by atoms with Crippen molar-refractivity contribution in [3.8, 4) is 0 Å². The molecule has 2 bridgehead atoms. The highest BCUT2D eigenvalue weighted by atomic mass is 16.1. The van der Waals surface area contributed by atoms with Crippen molar-refractivity contribution in [3.63, 3.8) is 0 Å². The molecule has 1 aromatic heterocycles. The molecule has 2 aliphatic rings. The first-order chi connectivity index (χ1) is 9.15.